The molecule has 1 heterocycles. The summed E-state index contributed by atoms with van der Waals surface area (Å²) < 4.78 is 93.8. The summed E-state index contributed by atoms with van der Waals surface area (Å²) in [5, 5.41) is 0. The van der Waals surface area contributed by atoms with Gasteiger partial charge in [0.2, 0.25) is 15.8 Å². The summed E-state index contributed by atoms with van der Waals surface area (Å²) in [6, 6.07) is 6.34. The van der Waals surface area contributed by atoms with Crippen LogP contribution in [0, 0.1) is 35.0 Å². The predicted octanol–water partition coefficient (Wildman–Crippen LogP) is 3.30. The molecule has 0 bridgehead atoms. The monoisotopic (exact) mass is 375 g/mol. The van der Waals surface area contributed by atoms with Crippen molar-refractivity contribution in [2.75, 3.05) is 6.54 Å². The largest absolute Gasteiger partial charge is 0.249 e. The van der Waals surface area contributed by atoms with E-state index in [9.17, 15) is 30.4 Å². The molecule has 0 aromatic heterocycles. The van der Waals surface area contributed by atoms with E-state index in [1.54, 1.807) is 18.2 Å². The first-order valence-electron chi connectivity index (χ1n) is 7.36. The molecule has 9 heteroatoms. The van der Waals surface area contributed by atoms with Gasteiger partial charge in [0, 0.05) is 6.54 Å². The number of sulfonamides is 1. The van der Waals surface area contributed by atoms with E-state index in [4.69, 9.17) is 0 Å². The third-order valence-electron chi connectivity index (χ3n) is 4.76. The standard InChI is InChI=1S/C16H10F5NO2S/c17-10-11(18)13(20)16(14(21)12(10)19)25(23,24)22-6-8-5-7-3-1-2-4-9(7)15(8)22/h1-4,8,15H,5-6H2/t8-,15+/m0/s1. The Hall–Kier alpha value is -2.00. The van der Waals surface area contributed by atoms with Crippen LogP contribution in [0.1, 0.15) is 17.2 Å². The van der Waals surface area contributed by atoms with Gasteiger partial charge in [0.25, 0.3) is 0 Å². The Bertz CT molecular complexity index is 979. The van der Waals surface area contributed by atoms with Gasteiger partial charge in [-0.15, -0.1) is 0 Å². The Kier molecular flexibility index (Phi) is 3.46. The van der Waals surface area contributed by atoms with Gasteiger partial charge < -0.3 is 0 Å². The van der Waals surface area contributed by atoms with Gasteiger partial charge >= 0.3 is 0 Å². The molecular weight excluding hydrogens is 365 g/mol. The van der Waals surface area contributed by atoms with Crippen LogP contribution in [-0.4, -0.2) is 19.3 Å². The quantitative estimate of drug-likeness (QED) is 0.459. The van der Waals surface area contributed by atoms with Crippen LogP contribution in [0.5, 0.6) is 0 Å². The Morgan fingerprint density at radius 2 is 1.44 bits per heavy atom. The summed E-state index contributed by atoms with van der Waals surface area (Å²) >= 11 is 0. The van der Waals surface area contributed by atoms with Crippen molar-refractivity contribution in [1.82, 2.24) is 4.31 Å². The van der Waals surface area contributed by atoms with Crippen LogP contribution < -0.4 is 0 Å². The Morgan fingerprint density at radius 1 is 0.880 bits per heavy atom. The number of nitrogens with zero attached hydrogens (tertiary/aromatic N) is 1. The molecule has 1 fully saturated rings. The van der Waals surface area contributed by atoms with Crippen molar-refractivity contribution in [2.45, 2.75) is 17.4 Å². The molecular formula is C16H10F5NO2S. The van der Waals surface area contributed by atoms with E-state index in [-0.39, 0.29) is 12.5 Å². The highest BCUT2D eigenvalue weighted by molar-refractivity contribution is 7.89. The lowest BCUT2D eigenvalue weighted by atomic mass is 9.93. The molecule has 0 N–H and O–H groups in total. The SMILES string of the molecule is O=S(=O)(c1c(F)c(F)c(F)c(F)c1F)N1C[C@@H]2Cc3ccccc3[C@@H]21. The fourth-order valence-corrected chi connectivity index (χ4v) is 5.43. The summed E-state index contributed by atoms with van der Waals surface area (Å²) in [5.74, 6) is -11.7. The number of halogens is 5. The van der Waals surface area contributed by atoms with Crippen molar-refractivity contribution in [3.63, 3.8) is 0 Å². The van der Waals surface area contributed by atoms with Crippen LogP contribution in [0.15, 0.2) is 29.2 Å². The summed E-state index contributed by atoms with van der Waals surface area (Å²) in [6.07, 6.45) is 0.601. The number of benzene rings is 2. The Labute approximate surface area is 139 Å². The second kappa shape index (κ2) is 5.25. The normalized spacial score (nSPS) is 22.4. The number of rotatable bonds is 2. The van der Waals surface area contributed by atoms with Gasteiger partial charge in [-0.25, -0.2) is 30.4 Å². The zero-order chi connectivity index (χ0) is 18.1. The van der Waals surface area contributed by atoms with Crippen LogP contribution in [0.25, 0.3) is 0 Å². The average Bonchev–Trinajstić information content (AvgIpc) is 2.82. The summed E-state index contributed by atoms with van der Waals surface area (Å²) in [7, 11) is -4.89. The zero-order valence-electron chi connectivity index (χ0n) is 12.4. The van der Waals surface area contributed by atoms with E-state index in [1.807, 2.05) is 6.07 Å². The van der Waals surface area contributed by atoms with E-state index in [2.05, 4.69) is 0 Å². The van der Waals surface area contributed by atoms with Crippen LogP contribution in [0.4, 0.5) is 22.0 Å². The maximum atomic E-state index is 13.9. The Balaban J connectivity index is 1.83. The highest BCUT2D eigenvalue weighted by atomic mass is 32.2. The molecule has 1 saturated heterocycles. The van der Waals surface area contributed by atoms with Gasteiger partial charge in [-0.2, -0.15) is 4.31 Å². The van der Waals surface area contributed by atoms with Crippen molar-refractivity contribution in [1.29, 1.82) is 0 Å². The molecule has 0 radical (unpaired) electrons. The van der Waals surface area contributed by atoms with Crippen LogP contribution in [0.2, 0.25) is 0 Å². The van der Waals surface area contributed by atoms with Gasteiger partial charge in [-0.1, -0.05) is 24.3 Å². The molecule has 4 rings (SSSR count). The van der Waals surface area contributed by atoms with Crippen molar-refractivity contribution < 1.29 is 30.4 Å². The predicted molar refractivity (Wildman–Crippen MR) is 76.5 cm³/mol. The van der Waals surface area contributed by atoms with Crippen molar-refractivity contribution in [3.05, 3.63) is 64.5 Å². The fraction of sp³-hybridized carbons (Fsp3) is 0.250. The minimum atomic E-state index is -4.89. The van der Waals surface area contributed by atoms with Crippen LogP contribution in [-0.2, 0) is 16.4 Å². The maximum absolute atomic E-state index is 13.9. The molecule has 2 atom stereocenters. The number of hydrogen-bond donors (Lipinski definition) is 0. The first kappa shape index (κ1) is 16.5. The number of hydrogen-bond acceptors (Lipinski definition) is 2. The lowest BCUT2D eigenvalue weighted by Crippen LogP contribution is -2.51. The third kappa shape index (κ3) is 2.08. The molecule has 1 aliphatic heterocycles. The molecule has 0 spiro atoms. The maximum Gasteiger partial charge on any atom is 0.249 e. The molecule has 3 nitrogen and oxygen atoms in total. The van der Waals surface area contributed by atoms with Gasteiger partial charge in [-0.3, -0.25) is 0 Å². The summed E-state index contributed by atoms with van der Waals surface area (Å²) in [6.45, 7) is -0.0405. The fourth-order valence-electron chi connectivity index (χ4n) is 3.59. The molecule has 1 aliphatic carbocycles. The highest BCUT2D eigenvalue weighted by Crippen LogP contribution is 2.50. The lowest BCUT2D eigenvalue weighted by molar-refractivity contribution is 0.118. The van der Waals surface area contributed by atoms with E-state index < -0.39 is 50.0 Å². The second-order valence-electron chi connectivity index (χ2n) is 6.08. The topological polar surface area (TPSA) is 37.4 Å². The molecule has 25 heavy (non-hydrogen) atoms. The zero-order valence-corrected chi connectivity index (χ0v) is 13.3. The minimum absolute atomic E-state index is 0.0405. The minimum Gasteiger partial charge on any atom is -0.207 e. The molecule has 2 aromatic rings. The highest BCUT2D eigenvalue weighted by Gasteiger charge is 2.52. The molecule has 2 aliphatic rings. The molecule has 2 aromatic carbocycles. The van der Waals surface area contributed by atoms with Gasteiger partial charge in [-0.05, 0) is 23.5 Å². The molecule has 0 amide bonds. The summed E-state index contributed by atoms with van der Waals surface area (Å²) in [4.78, 5) is -1.80. The number of fused-ring (bicyclic) bond motifs is 3. The van der Waals surface area contributed by atoms with Crippen molar-refractivity contribution >= 4 is 10.0 Å². The van der Waals surface area contributed by atoms with E-state index in [1.165, 1.54) is 0 Å². The first-order valence-corrected chi connectivity index (χ1v) is 8.80. The first-order chi connectivity index (χ1) is 11.7. The summed E-state index contributed by atoms with van der Waals surface area (Å²) in [5.41, 5.74) is 1.60. The van der Waals surface area contributed by atoms with Gasteiger partial charge in [0.05, 0.1) is 6.04 Å². The van der Waals surface area contributed by atoms with E-state index in [0.717, 1.165) is 9.87 Å². The molecule has 0 unspecified atom stereocenters. The Morgan fingerprint density at radius 3 is 2.08 bits per heavy atom. The van der Waals surface area contributed by atoms with Crippen LogP contribution in [0.3, 0.4) is 0 Å². The van der Waals surface area contributed by atoms with Gasteiger partial charge in [0.15, 0.2) is 28.2 Å². The van der Waals surface area contributed by atoms with Crippen molar-refractivity contribution in [2.24, 2.45) is 5.92 Å². The lowest BCUT2D eigenvalue weighted by Gasteiger charge is -2.43. The van der Waals surface area contributed by atoms with E-state index >= 15 is 0 Å². The van der Waals surface area contributed by atoms with Gasteiger partial charge in [0.1, 0.15) is 0 Å². The molecule has 0 saturated carbocycles. The smallest absolute Gasteiger partial charge is 0.207 e. The second-order valence-corrected chi connectivity index (χ2v) is 7.91. The van der Waals surface area contributed by atoms with Crippen LogP contribution >= 0.6 is 0 Å². The molecule has 132 valence electrons. The van der Waals surface area contributed by atoms with Crippen molar-refractivity contribution in [3.8, 4) is 0 Å². The van der Waals surface area contributed by atoms with E-state index in [0.29, 0.717) is 12.0 Å². The average molecular weight is 375 g/mol. The third-order valence-corrected chi connectivity index (χ3v) is 6.63.